The molecule has 1 unspecified atom stereocenters. The van der Waals surface area contributed by atoms with E-state index in [4.69, 9.17) is 14.2 Å². The van der Waals surface area contributed by atoms with E-state index in [-0.39, 0.29) is 6.10 Å². The van der Waals surface area contributed by atoms with Gasteiger partial charge in [-0.15, -0.1) is 0 Å². The van der Waals surface area contributed by atoms with Crippen molar-refractivity contribution in [1.29, 1.82) is 0 Å². The Kier molecular flexibility index (Phi) is 5.12. The summed E-state index contributed by atoms with van der Waals surface area (Å²) < 4.78 is 15.9. The Bertz CT molecular complexity index is 323. The molecule has 0 heterocycles. The normalized spacial score (nSPS) is 12.2. The van der Waals surface area contributed by atoms with E-state index in [2.05, 4.69) is 6.92 Å². The van der Waals surface area contributed by atoms with E-state index in [0.717, 1.165) is 29.9 Å². The van der Waals surface area contributed by atoms with E-state index < -0.39 is 0 Å². The molecule has 0 amide bonds. The zero-order valence-corrected chi connectivity index (χ0v) is 10.4. The first-order valence-electron chi connectivity index (χ1n) is 5.51. The summed E-state index contributed by atoms with van der Waals surface area (Å²) in [6.45, 7) is 2.15. The molecule has 1 atom stereocenters. The number of rotatable bonds is 6. The highest BCUT2D eigenvalue weighted by molar-refractivity contribution is 5.43. The maximum Gasteiger partial charge on any atom is 0.161 e. The standard InChI is InChI=1S/C13H20O3/c1-5-6-11(14-2)10-7-8-12(15-3)13(9-10)16-4/h7-9,11H,5-6H2,1-4H3. The molecule has 0 aliphatic carbocycles. The van der Waals surface area contributed by atoms with Gasteiger partial charge in [0.25, 0.3) is 0 Å². The molecule has 0 aliphatic rings. The summed E-state index contributed by atoms with van der Waals surface area (Å²) in [5.74, 6) is 1.50. The minimum atomic E-state index is 0.129. The Labute approximate surface area is 97.3 Å². The fourth-order valence-corrected chi connectivity index (χ4v) is 1.74. The third-order valence-corrected chi connectivity index (χ3v) is 2.61. The highest BCUT2D eigenvalue weighted by atomic mass is 16.5. The molecule has 1 aromatic carbocycles. The number of hydrogen-bond acceptors (Lipinski definition) is 3. The summed E-state index contributed by atoms with van der Waals surface area (Å²) >= 11 is 0. The molecule has 0 saturated carbocycles. The molecule has 0 N–H and O–H groups in total. The first kappa shape index (κ1) is 12.8. The number of methoxy groups -OCH3 is 3. The van der Waals surface area contributed by atoms with Crippen molar-refractivity contribution in [2.45, 2.75) is 25.9 Å². The van der Waals surface area contributed by atoms with Gasteiger partial charge >= 0.3 is 0 Å². The Morgan fingerprint density at radius 1 is 1.06 bits per heavy atom. The molecule has 0 spiro atoms. The van der Waals surface area contributed by atoms with Gasteiger partial charge in [-0.25, -0.2) is 0 Å². The van der Waals surface area contributed by atoms with Gasteiger partial charge in [0.05, 0.1) is 20.3 Å². The number of benzene rings is 1. The zero-order valence-electron chi connectivity index (χ0n) is 10.4. The predicted molar refractivity (Wildman–Crippen MR) is 64.2 cm³/mol. The summed E-state index contributed by atoms with van der Waals surface area (Å²) in [6.07, 6.45) is 2.23. The molecular formula is C13H20O3. The summed E-state index contributed by atoms with van der Waals surface area (Å²) in [5, 5.41) is 0. The van der Waals surface area contributed by atoms with Crippen molar-refractivity contribution in [2.75, 3.05) is 21.3 Å². The number of ether oxygens (including phenoxy) is 3. The fraction of sp³-hybridized carbons (Fsp3) is 0.538. The van der Waals surface area contributed by atoms with E-state index in [1.165, 1.54) is 0 Å². The number of hydrogen-bond donors (Lipinski definition) is 0. The molecule has 0 fully saturated rings. The van der Waals surface area contributed by atoms with Crippen LogP contribution in [0.1, 0.15) is 31.4 Å². The van der Waals surface area contributed by atoms with E-state index in [1.54, 1.807) is 21.3 Å². The Hall–Kier alpha value is -1.22. The SMILES string of the molecule is CCCC(OC)c1ccc(OC)c(OC)c1. The van der Waals surface area contributed by atoms with Crippen LogP contribution in [0, 0.1) is 0 Å². The lowest BCUT2D eigenvalue weighted by molar-refractivity contribution is 0.0947. The summed E-state index contributed by atoms with van der Waals surface area (Å²) in [6, 6.07) is 5.91. The second-order valence-electron chi connectivity index (χ2n) is 3.63. The van der Waals surface area contributed by atoms with Crippen molar-refractivity contribution in [2.24, 2.45) is 0 Å². The van der Waals surface area contributed by atoms with Gasteiger partial charge in [-0.2, -0.15) is 0 Å². The highest BCUT2D eigenvalue weighted by Gasteiger charge is 2.12. The minimum Gasteiger partial charge on any atom is -0.493 e. The van der Waals surface area contributed by atoms with Crippen LogP contribution in [0.15, 0.2) is 18.2 Å². The van der Waals surface area contributed by atoms with E-state index in [1.807, 2.05) is 18.2 Å². The topological polar surface area (TPSA) is 27.7 Å². The van der Waals surface area contributed by atoms with Crippen LogP contribution in [-0.2, 0) is 4.74 Å². The third-order valence-electron chi connectivity index (χ3n) is 2.61. The molecule has 1 aromatic rings. The molecule has 3 heteroatoms. The molecule has 3 nitrogen and oxygen atoms in total. The quantitative estimate of drug-likeness (QED) is 0.742. The maximum absolute atomic E-state index is 5.45. The van der Waals surface area contributed by atoms with Crippen LogP contribution in [0.5, 0.6) is 11.5 Å². The average Bonchev–Trinajstić information content (AvgIpc) is 2.35. The third kappa shape index (κ3) is 2.89. The lowest BCUT2D eigenvalue weighted by Crippen LogP contribution is -2.02. The highest BCUT2D eigenvalue weighted by Crippen LogP contribution is 2.32. The first-order chi connectivity index (χ1) is 7.76. The molecule has 90 valence electrons. The van der Waals surface area contributed by atoms with Crippen molar-refractivity contribution in [1.82, 2.24) is 0 Å². The van der Waals surface area contributed by atoms with Gasteiger partial charge in [0.15, 0.2) is 11.5 Å². The van der Waals surface area contributed by atoms with Gasteiger partial charge in [-0.05, 0) is 24.1 Å². The van der Waals surface area contributed by atoms with Crippen molar-refractivity contribution in [3.05, 3.63) is 23.8 Å². The lowest BCUT2D eigenvalue weighted by atomic mass is 10.0. The molecular weight excluding hydrogens is 204 g/mol. The van der Waals surface area contributed by atoms with Crippen LogP contribution < -0.4 is 9.47 Å². The zero-order chi connectivity index (χ0) is 12.0. The molecule has 0 aromatic heterocycles. The summed E-state index contributed by atoms with van der Waals surface area (Å²) in [5.41, 5.74) is 1.13. The Morgan fingerprint density at radius 2 is 1.75 bits per heavy atom. The van der Waals surface area contributed by atoms with Crippen LogP contribution in [0.2, 0.25) is 0 Å². The second-order valence-corrected chi connectivity index (χ2v) is 3.63. The van der Waals surface area contributed by atoms with Gasteiger partial charge < -0.3 is 14.2 Å². The van der Waals surface area contributed by atoms with E-state index in [0.29, 0.717) is 0 Å². The Balaban J connectivity index is 2.96. The van der Waals surface area contributed by atoms with Gasteiger partial charge in [-0.3, -0.25) is 0 Å². The minimum absolute atomic E-state index is 0.129. The molecule has 1 rings (SSSR count). The second kappa shape index (κ2) is 6.38. The van der Waals surface area contributed by atoms with Crippen molar-refractivity contribution in [3.63, 3.8) is 0 Å². The van der Waals surface area contributed by atoms with Crippen molar-refractivity contribution >= 4 is 0 Å². The van der Waals surface area contributed by atoms with Gasteiger partial charge in [0, 0.05) is 7.11 Å². The largest absolute Gasteiger partial charge is 0.493 e. The maximum atomic E-state index is 5.45. The monoisotopic (exact) mass is 224 g/mol. The van der Waals surface area contributed by atoms with Crippen LogP contribution >= 0.6 is 0 Å². The van der Waals surface area contributed by atoms with Crippen LogP contribution in [-0.4, -0.2) is 21.3 Å². The Morgan fingerprint density at radius 3 is 2.25 bits per heavy atom. The molecule has 0 aliphatic heterocycles. The van der Waals surface area contributed by atoms with Gasteiger partial charge in [-0.1, -0.05) is 19.4 Å². The van der Waals surface area contributed by atoms with Crippen LogP contribution in [0.25, 0.3) is 0 Å². The van der Waals surface area contributed by atoms with Crippen molar-refractivity contribution < 1.29 is 14.2 Å². The molecule has 16 heavy (non-hydrogen) atoms. The molecule has 0 bridgehead atoms. The van der Waals surface area contributed by atoms with Crippen molar-refractivity contribution in [3.8, 4) is 11.5 Å². The molecule has 0 radical (unpaired) electrons. The smallest absolute Gasteiger partial charge is 0.161 e. The predicted octanol–water partition coefficient (Wildman–Crippen LogP) is 3.19. The average molecular weight is 224 g/mol. The molecule has 0 saturated heterocycles. The summed E-state index contributed by atoms with van der Waals surface area (Å²) in [4.78, 5) is 0. The lowest BCUT2D eigenvalue weighted by Gasteiger charge is -2.16. The van der Waals surface area contributed by atoms with Gasteiger partial charge in [0.1, 0.15) is 0 Å². The first-order valence-corrected chi connectivity index (χ1v) is 5.51. The van der Waals surface area contributed by atoms with Crippen LogP contribution in [0.3, 0.4) is 0 Å². The van der Waals surface area contributed by atoms with E-state index >= 15 is 0 Å². The fourth-order valence-electron chi connectivity index (χ4n) is 1.74. The van der Waals surface area contributed by atoms with Crippen LogP contribution in [0.4, 0.5) is 0 Å². The summed E-state index contributed by atoms with van der Waals surface area (Å²) in [7, 11) is 5.01. The van der Waals surface area contributed by atoms with E-state index in [9.17, 15) is 0 Å². The van der Waals surface area contributed by atoms with Gasteiger partial charge in [0.2, 0.25) is 0 Å².